The first-order chi connectivity index (χ1) is 14.5. The number of piperidine rings is 1. The van der Waals surface area contributed by atoms with E-state index in [4.69, 9.17) is 0 Å². The zero-order chi connectivity index (χ0) is 21.3. The molecule has 0 radical (unpaired) electrons. The zero-order valence-electron chi connectivity index (χ0n) is 17.2. The Morgan fingerprint density at radius 1 is 1.07 bits per heavy atom. The number of rotatable bonds is 6. The van der Waals surface area contributed by atoms with Gasteiger partial charge in [-0.2, -0.15) is 0 Å². The van der Waals surface area contributed by atoms with E-state index in [-0.39, 0.29) is 23.8 Å². The van der Waals surface area contributed by atoms with Gasteiger partial charge in [0.05, 0.1) is 0 Å². The second-order valence-electron chi connectivity index (χ2n) is 7.68. The quantitative estimate of drug-likeness (QED) is 0.689. The molecule has 3 amide bonds. The number of nitrogens with zero attached hydrogens (tertiary/aromatic N) is 1. The van der Waals surface area contributed by atoms with E-state index in [1.165, 1.54) is 29.8 Å². The molecule has 2 aromatic carbocycles. The Balaban J connectivity index is 1.40. The number of amides is 3. The van der Waals surface area contributed by atoms with Gasteiger partial charge in [0.2, 0.25) is 5.91 Å². The van der Waals surface area contributed by atoms with Crippen LogP contribution in [0.1, 0.15) is 31.7 Å². The molecule has 1 heterocycles. The monoisotopic (exact) mass is 409 g/mol. The van der Waals surface area contributed by atoms with Crippen molar-refractivity contribution >= 4 is 17.6 Å². The molecule has 0 atom stereocenters. The van der Waals surface area contributed by atoms with Crippen LogP contribution in [0.15, 0.2) is 66.2 Å². The van der Waals surface area contributed by atoms with E-state index in [0.717, 1.165) is 18.4 Å². The van der Waals surface area contributed by atoms with Gasteiger partial charge in [-0.3, -0.25) is 4.79 Å². The highest BCUT2D eigenvalue weighted by Gasteiger charge is 2.23. The zero-order valence-corrected chi connectivity index (χ0v) is 17.2. The molecule has 2 aromatic rings. The number of hydrogen-bond donors (Lipinski definition) is 2. The van der Waals surface area contributed by atoms with E-state index < -0.39 is 0 Å². The molecule has 6 heteroatoms. The normalized spacial score (nSPS) is 15.0. The molecule has 0 saturated carbocycles. The van der Waals surface area contributed by atoms with Gasteiger partial charge < -0.3 is 15.5 Å². The summed E-state index contributed by atoms with van der Waals surface area (Å²) in [4.78, 5) is 26.5. The molecule has 0 spiro atoms. The van der Waals surface area contributed by atoms with Gasteiger partial charge in [0.15, 0.2) is 0 Å². The van der Waals surface area contributed by atoms with Crippen molar-refractivity contribution in [2.24, 2.45) is 0 Å². The van der Waals surface area contributed by atoms with Crippen LogP contribution in [0.2, 0.25) is 0 Å². The lowest BCUT2D eigenvalue weighted by molar-refractivity contribution is -0.127. The number of carbonyl (C=O) groups is 2. The Kier molecular flexibility index (Phi) is 7.60. The van der Waals surface area contributed by atoms with E-state index >= 15 is 0 Å². The maximum Gasteiger partial charge on any atom is 0.319 e. The molecule has 0 aliphatic carbocycles. The van der Waals surface area contributed by atoms with Crippen LogP contribution in [-0.4, -0.2) is 36.0 Å². The van der Waals surface area contributed by atoms with E-state index in [1.807, 2.05) is 30.0 Å². The molecule has 30 heavy (non-hydrogen) atoms. The second kappa shape index (κ2) is 10.6. The minimum atomic E-state index is -0.345. The molecular weight excluding hydrogens is 381 g/mol. The Morgan fingerprint density at radius 3 is 2.40 bits per heavy atom. The summed E-state index contributed by atoms with van der Waals surface area (Å²) in [6.45, 7) is 3.22. The summed E-state index contributed by atoms with van der Waals surface area (Å²) in [6, 6.07) is 15.6. The molecule has 1 saturated heterocycles. The SMILES string of the molecule is C/C(=C/C(=O)N1CCC(NC(=O)Nc2ccc(F)cc2)CC1)CCc1ccccc1. The van der Waals surface area contributed by atoms with Gasteiger partial charge in [0, 0.05) is 30.9 Å². The number of aryl methyl sites for hydroxylation is 1. The highest BCUT2D eigenvalue weighted by Crippen LogP contribution is 2.14. The third kappa shape index (κ3) is 6.72. The van der Waals surface area contributed by atoms with Crippen molar-refractivity contribution in [2.45, 2.75) is 38.6 Å². The molecule has 0 bridgehead atoms. The lowest BCUT2D eigenvalue weighted by Gasteiger charge is -2.32. The summed E-state index contributed by atoms with van der Waals surface area (Å²) in [6.07, 6.45) is 4.93. The van der Waals surface area contributed by atoms with Gasteiger partial charge in [-0.25, -0.2) is 9.18 Å². The minimum Gasteiger partial charge on any atom is -0.339 e. The number of hydrogen-bond acceptors (Lipinski definition) is 2. The van der Waals surface area contributed by atoms with Gasteiger partial charge in [-0.05, 0) is 62.4 Å². The third-order valence-electron chi connectivity index (χ3n) is 5.26. The van der Waals surface area contributed by atoms with Gasteiger partial charge in [0.25, 0.3) is 0 Å². The highest BCUT2D eigenvalue weighted by molar-refractivity contribution is 5.90. The largest absolute Gasteiger partial charge is 0.339 e. The number of likely N-dealkylation sites (tertiary alicyclic amines) is 1. The Hall–Kier alpha value is -3.15. The van der Waals surface area contributed by atoms with Crippen LogP contribution in [0.4, 0.5) is 14.9 Å². The standard InChI is InChI=1S/C24H28FN3O2/c1-18(7-8-19-5-3-2-4-6-19)17-23(29)28-15-13-22(14-16-28)27-24(30)26-21-11-9-20(25)10-12-21/h2-6,9-12,17,22H,7-8,13-16H2,1H3,(H2,26,27,30)/b18-17-. The van der Waals surface area contributed by atoms with E-state index in [1.54, 1.807) is 6.08 Å². The number of halogens is 1. The molecular formula is C24H28FN3O2. The van der Waals surface area contributed by atoms with Crippen molar-refractivity contribution in [2.75, 3.05) is 18.4 Å². The molecule has 0 aromatic heterocycles. The third-order valence-corrected chi connectivity index (χ3v) is 5.26. The average molecular weight is 410 g/mol. The fraction of sp³-hybridized carbons (Fsp3) is 0.333. The van der Waals surface area contributed by atoms with Gasteiger partial charge in [-0.1, -0.05) is 35.9 Å². The van der Waals surface area contributed by atoms with E-state index in [0.29, 0.717) is 31.6 Å². The van der Waals surface area contributed by atoms with Crippen LogP contribution < -0.4 is 10.6 Å². The van der Waals surface area contributed by atoms with Crippen molar-refractivity contribution in [1.29, 1.82) is 0 Å². The number of nitrogens with one attached hydrogen (secondary N) is 2. The maximum absolute atomic E-state index is 12.9. The molecule has 1 fully saturated rings. The van der Waals surface area contributed by atoms with Crippen LogP contribution >= 0.6 is 0 Å². The first kappa shape index (κ1) is 21.6. The number of carbonyl (C=O) groups excluding carboxylic acids is 2. The van der Waals surface area contributed by atoms with E-state index in [2.05, 4.69) is 22.8 Å². The Morgan fingerprint density at radius 2 is 1.73 bits per heavy atom. The predicted octanol–water partition coefficient (Wildman–Crippen LogP) is 4.52. The Bertz CT molecular complexity index is 873. The lowest BCUT2D eigenvalue weighted by Crippen LogP contribution is -2.47. The average Bonchev–Trinajstić information content (AvgIpc) is 2.75. The summed E-state index contributed by atoms with van der Waals surface area (Å²) < 4.78 is 12.9. The van der Waals surface area contributed by atoms with Crippen molar-refractivity contribution < 1.29 is 14.0 Å². The molecule has 5 nitrogen and oxygen atoms in total. The van der Waals surface area contributed by atoms with Crippen LogP contribution in [0.25, 0.3) is 0 Å². The number of anilines is 1. The molecule has 1 aliphatic rings. The molecule has 3 rings (SSSR count). The fourth-order valence-corrected chi connectivity index (χ4v) is 3.49. The van der Waals surface area contributed by atoms with Crippen LogP contribution in [-0.2, 0) is 11.2 Å². The summed E-state index contributed by atoms with van der Waals surface area (Å²) in [5, 5.41) is 5.62. The first-order valence-corrected chi connectivity index (χ1v) is 10.3. The minimum absolute atomic E-state index is 0.0117. The number of allylic oxidation sites excluding steroid dienone is 1. The molecule has 0 unspecified atom stereocenters. The van der Waals surface area contributed by atoms with Crippen LogP contribution in [0, 0.1) is 5.82 Å². The second-order valence-corrected chi connectivity index (χ2v) is 7.68. The lowest BCUT2D eigenvalue weighted by atomic mass is 10.0. The van der Waals surface area contributed by atoms with Gasteiger partial charge in [0.1, 0.15) is 5.82 Å². The van der Waals surface area contributed by atoms with Crippen molar-refractivity contribution in [1.82, 2.24) is 10.2 Å². The molecule has 158 valence electrons. The molecule has 1 aliphatic heterocycles. The first-order valence-electron chi connectivity index (χ1n) is 10.3. The fourth-order valence-electron chi connectivity index (χ4n) is 3.49. The maximum atomic E-state index is 12.9. The summed E-state index contributed by atoms with van der Waals surface area (Å²) in [7, 11) is 0. The topological polar surface area (TPSA) is 61.4 Å². The summed E-state index contributed by atoms with van der Waals surface area (Å²) in [5.74, 6) is -0.308. The van der Waals surface area contributed by atoms with Gasteiger partial charge in [-0.15, -0.1) is 0 Å². The summed E-state index contributed by atoms with van der Waals surface area (Å²) >= 11 is 0. The highest BCUT2D eigenvalue weighted by atomic mass is 19.1. The van der Waals surface area contributed by atoms with Gasteiger partial charge >= 0.3 is 6.03 Å². The number of urea groups is 1. The van der Waals surface area contributed by atoms with Crippen molar-refractivity contribution in [3.05, 3.63) is 77.6 Å². The van der Waals surface area contributed by atoms with Crippen molar-refractivity contribution in [3.63, 3.8) is 0 Å². The van der Waals surface area contributed by atoms with Crippen molar-refractivity contribution in [3.8, 4) is 0 Å². The summed E-state index contributed by atoms with van der Waals surface area (Å²) in [5.41, 5.74) is 2.88. The van der Waals surface area contributed by atoms with Crippen LogP contribution in [0.5, 0.6) is 0 Å². The Labute approximate surface area is 177 Å². The van der Waals surface area contributed by atoms with Crippen LogP contribution in [0.3, 0.4) is 0 Å². The molecule has 2 N–H and O–H groups in total. The smallest absolute Gasteiger partial charge is 0.319 e. The predicted molar refractivity (Wildman–Crippen MR) is 117 cm³/mol. The van der Waals surface area contributed by atoms with E-state index in [9.17, 15) is 14.0 Å². The number of benzene rings is 2.